The van der Waals surface area contributed by atoms with E-state index in [0.717, 1.165) is 0 Å². The Kier molecular flexibility index (Phi) is 7.14. The smallest absolute Gasteiger partial charge is 0.256 e. The molecule has 4 nitrogen and oxygen atoms in total. The molecular formula is C4H8Cl3O4P2+. The molecule has 0 saturated carbocycles. The summed E-state index contributed by atoms with van der Waals surface area (Å²) in [5.74, 6) is -0.702. The summed E-state index contributed by atoms with van der Waals surface area (Å²) >= 11 is 15.5. The third kappa shape index (κ3) is 8.14. The van der Waals surface area contributed by atoms with Gasteiger partial charge in [0.2, 0.25) is 0 Å². The molecule has 9 heteroatoms. The lowest BCUT2D eigenvalue weighted by atomic mass is 10.9. The van der Waals surface area contributed by atoms with Crippen molar-refractivity contribution in [2.24, 2.45) is 0 Å². The van der Waals surface area contributed by atoms with Gasteiger partial charge in [-0.1, -0.05) is 0 Å². The van der Waals surface area contributed by atoms with Crippen LogP contribution in [0.2, 0.25) is 0 Å². The fourth-order valence-electron chi connectivity index (χ4n) is 0.446. The van der Waals surface area contributed by atoms with Crippen molar-refractivity contribution in [3.8, 4) is 0 Å². The average molecular weight is 288 g/mol. The van der Waals surface area contributed by atoms with E-state index in [9.17, 15) is 9.13 Å². The van der Waals surface area contributed by atoms with E-state index >= 15 is 0 Å². The van der Waals surface area contributed by atoms with Crippen LogP contribution >= 0.6 is 48.2 Å². The van der Waals surface area contributed by atoms with Crippen molar-refractivity contribution in [3.63, 3.8) is 0 Å². The quantitative estimate of drug-likeness (QED) is 0.549. The molecule has 0 radical (unpaired) electrons. The lowest BCUT2D eigenvalue weighted by Crippen LogP contribution is -2.00. The Bertz CT molecular complexity index is 217. The molecule has 0 saturated heterocycles. The summed E-state index contributed by atoms with van der Waals surface area (Å²) in [5, 5.41) is 0. The van der Waals surface area contributed by atoms with Crippen molar-refractivity contribution in [1.29, 1.82) is 0 Å². The standard InChI is InChI=1S/C4H8Cl3O4P2/c1-4(11-13(6,7)9)12(8)10-3-2-5/h4H,2-3H2,1H3/q+1. The fraction of sp³-hybridized carbons (Fsp3) is 1.00. The lowest BCUT2D eigenvalue weighted by molar-refractivity contribution is 0.267. The summed E-state index contributed by atoms with van der Waals surface area (Å²) in [4.78, 5) is 0. The van der Waals surface area contributed by atoms with E-state index in [1.165, 1.54) is 6.92 Å². The Morgan fingerprint density at radius 1 is 1.54 bits per heavy atom. The van der Waals surface area contributed by atoms with E-state index in [2.05, 4.69) is 4.52 Å². The predicted octanol–water partition coefficient (Wildman–Crippen LogP) is 3.93. The van der Waals surface area contributed by atoms with Crippen molar-refractivity contribution in [3.05, 3.63) is 0 Å². The van der Waals surface area contributed by atoms with E-state index in [0.29, 0.717) is 0 Å². The minimum atomic E-state index is -3.66. The van der Waals surface area contributed by atoms with Gasteiger partial charge in [-0.25, -0.2) is 0 Å². The maximum Gasteiger partial charge on any atom is 0.540 e. The molecule has 0 N–H and O–H groups in total. The molecule has 0 heterocycles. The van der Waals surface area contributed by atoms with Gasteiger partial charge >= 0.3 is 14.1 Å². The maximum absolute atomic E-state index is 11.1. The van der Waals surface area contributed by atoms with Crippen LogP contribution in [-0.4, -0.2) is 18.3 Å². The molecule has 0 rings (SSSR count). The molecule has 0 aliphatic carbocycles. The molecule has 0 spiro atoms. The van der Waals surface area contributed by atoms with Gasteiger partial charge in [0, 0.05) is 6.92 Å². The Hall–Kier alpha value is 1.12. The zero-order valence-corrected chi connectivity index (χ0v) is 10.7. The van der Waals surface area contributed by atoms with E-state index in [4.69, 9.17) is 38.6 Å². The highest BCUT2D eigenvalue weighted by Crippen LogP contribution is 2.60. The Morgan fingerprint density at radius 3 is 2.46 bits per heavy atom. The highest BCUT2D eigenvalue weighted by molar-refractivity contribution is 8.05. The second-order valence-electron chi connectivity index (χ2n) is 1.93. The molecule has 0 aliphatic heterocycles. The van der Waals surface area contributed by atoms with Crippen LogP contribution in [0.15, 0.2) is 0 Å². The first kappa shape index (κ1) is 14.1. The van der Waals surface area contributed by atoms with Gasteiger partial charge in [-0.15, -0.1) is 16.1 Å². The Morgan fingerprint density at radius 2 is 2.08 bits per heavy atom. The number of hydrogen-bond acceptors (Lipinski definition) is 4. The van der Waals surface area contributed by atoms with E-state index in [1.807, 2.05) is 0 Å². The average Bonchev–Trinajstić information content (AvgIpc) is 1.96. The van der Waals surface area contributed by atoms with Gasteiger partial charge < -0.3 is 0 Å². The van der Waals surface area contributed by atoms with Gasteiger partial charge in [-0.2, -0.15) is 0 Å². The number of halogens is 3. The molecule has 13 heavy (non-hydrogen) atoms. The molecule has 0 aromatic heterocycles. The molecule has 0 amide bonds. The first-order valence-electron chi connectivity index (χ1n) is 3.20. The minimum absolute atomic E-state index is 0.124. The highest BCUT2D eigenvalue weighted by atomic mass is 35.9. The summed E-state index contributed by atoms with van der Waals surface area (Å²) in [6.07, 6.45) is -3.66. The zero-order valence-electron chi connectivity index (χ0n) is 6.65. The van der Waals surface area contributed by atoms with Crippen LogP contribution in [0.4, 0.5) is 0 Å². The second kappa shape index (κ2) is 6.58. The van der Waals surface area contributed by atoms with Gasteiger partial charge in [-0.05, 0) is 27.0 Å². The van der Waals surface area contributed by atoms with E-state index in [1.54, 1.807) is 0 Å². The Labute approximate surface area is 91.7 Å². The van der Waals surface area contributed by atoms with E-state index in [-0.39, 0.29) is 12.5 Å². The van der Waals surface area contributed by atoms with Crippen molar-refractivity contribution in [1.82, 2.24) is 0 Å². The normalized spacial score (nSPS) is 15.5. The third-order valence-corrected chi connectivity index (χ3v) is 3.36. The Balaban J connectivity index is 3.90. The predicted molar refractivity (Wildman–Crippen MR) is 54.1 cm³/mol. The van der Waals surface area contributed by atoms with E-state index < -0.39 is 19.9 Å². The molecule has 2 unspecified atom stereocenters. The summed E-state index contributed by atoms with van der Waals surface area (Å²) in [5.41, 5.74) is 0. The van der Waals surface area contributed by atoms with Gasteiger partial charge in [0.15, 0.2) is 0 Å². The molecule has 0 bridgehead atoms. The monoisotopic (exact) mass is 287 g/mol. The van der Waals surface area contributed by atoms with Crippen molar-refractivity contribution in [2.75, 3.05) is 12.5 Å². The third-order valence-electron chi connectivity index (χ3n) is 0.868. The first-order chi connectivity index (χ1) is 5.87. The summed E-state index contributed by atoms with van der Waals surface area (Å²) in [6, 6.07) is 0. The zero-order chi connectivity index (χ0) is 10.5. The maximum atomic E-state index is 11.1. The minimum Gasteiger partial charge on any atom is -0.256 e. The van der Waals surface area contributed by atoms with Gasteiger partial charge in [0.05, 0.1) is 5.88 Å². The van der Waals surface area contributed by atoms with Crippen LogP contribution in [0.1, 0.15) is 6.92 Å². The molecule has 0 aromatic rings. The van der Waals surface area contributed by atoms with Crippen molar-refractivity contribution < 1.29 is 18.2 Å². The molecule has 0 aliphatic rings. The van der Waals surface area contributed by atoms with Crippen LogP contribution in [0.5, 0.6) is 0 Å². The molecular weight excluding hydrogens is 280 g/mol. The van der Waals surface area contributed by atoms with Crippen LogP contribution < -0.4 is 0 Å². The lowest BCUT2D eigenvalue weighted by Gasteiger charge is -2.02. The first-order valence-corrected chi connectivity index (χ1v) is 8.41. The van der Waals surface area contributed by atoms with Gasteiger partial charge in [-0.3, -0.25) is 9.09 Å². The number of alkyl halides is 1. The summed E-state index contributed by atoms with van der Waals surface area (Å²) in [6.45, 7) is 1.52. The van der Waals surface area contributed by atoms with Crippen LogP contribution in [-0.2, 0) is 18.2 Å². The van der Waals surface area contributed by atoms with Gasteiger partial charge in [0.25, 0.3) is 5.85 Å². The largest absolute Gasteiger partial charge is 0.540 e. The second-order valence-corrected chi connectivity index (χ2v) is 8.09. The summed E-state index contributed by atoms with van der Waals surface area (Å²) < 4.78 is 31.0. The SMILES string of the molecule is CC(OP(=O)(Cl)Cl)[P+](=O)OCCCl. The van der Waals surface area contributed by atoms with Crippen molar-refractivity contribution in [2.45, 2.75) is 12.8 Å². The molecule has 2 atom stereocenters. The number of rotatable bonds is 6. The fourth-order valence-corrected chi connectivity index (χ4v) is 3.22. The van der Waals surface area contributed by atoms with Gasteiger partial charge in [0.1, 0.15) is 6.61 Å². The summed E-state index contributed by atoms with van der Waals surface area (Å²) in [7, 11) is -2.11. The van der Waals surface area contributed by atoms with Crippen LogP contribution in [0.25, 0.3) is 0 Å². The molecule has 0 aromatic carbocycles. The van der Waals surface area contributed by atoms with Crippen LogP contribution in [0, 0.1) is 0 Å². The molecule has 0 fully saturated rings. The highest BCUT2D eigenvalue weighted by Gasteiger charge is 2.34. The number of hydrogen-bond donors (Lipinski definition) is 0. The molecule has 78 valence electrons. The van der Waals surface area contributed by atoms with Crippen LogP contribution in [0.3, 0.4) is 0 Å². The van der Waals surface area contributed by atoms with Crippen molar-refractivity contribution >= 4 is 48.2 Å². The topological polar surface area (TPSA) is 52.6 Å².